The number of pyridine rings is 1. The van der Waals surface area contributed by atoms with Crippen molar-refractivity contribution in [2.75, 3.05) is 0 Å². The SMILES string of the molecule is CC(C)CC(=O)Oc1ccnc(Cl)c1. The van der Waals surface area contributed by atoms with Crippen molar-refractivity contribution in [3.8, 4) is 5.75 Å². The van der Waals surface area contributed by atoms with E-state index in [1.165, 1.54) is 12.3 Å². The second-order valence-electron chi connectivity index (χ2n) is 3.39. The highest BCUT2D eigenvalue weighted by Crippen LogP contribution is 2.15. The van der Waals surface area contributed by atoms with Crippen LogP contribution in [0.4, 0.5) is 0 Å². The largest absolute Gasteiger partial charge is 0.426 e. The molecule has 1 heterocycles. The number of nitrogens with zero attached hydrogens (tertiary/aromatic N) is 1. The maximum absolute atomic E-state index is 11.2. The van der Waals surface area contributed by atoms with Gasteiger partial charge in [-0.3, -0.25) is 4.79 Å². The van der Waals surface area contributed by atoms with Gasteiger partial charge in [0.1, 0.15) is 10.9 Å². The van der Waals surface area contributed by atoms with Gasteiger partial charge in [-0.15, -0.1) is 0 Å². The molecule has 0 aliphatic rings. The predicted octanol–water partition coefficient (Wildman–Crippen LogP) is 2.69. The average molecular weight is 214 g/mol. The van der Waals surface area contributed by atoms with E-state index >= 15 is 0 Å². The molecule has 1 rings (SSSR count). The van der Waals surface area contributed by atoms with E-state index in [0.29, 0.717) is 23.2 Å². The summed E-state index contributed by atoms with van der Waals surface area (Å²) in [6.07, 6.45) is 1.90. The third-order valence-corrected chi connectivity index (χ3v) is 1.71. The molecule has 0 bridgehead atoms. The zero-order valence-electron chi connectivity index (χ0n) is 8.16. The number of aromatic nitrogens is 1. The molecule has 0 unspecified atom stereocenters. The van der Waals surface area contributed by atoms with Crippen LogP contribution in [0, 0.1) is 5.92 Å². The van der Waals surface area contributed by atoms with E-state index in [1.807, 2.05) is 13.8 Å². The van der Waals surface area contributed by atoms with Crippen LogP contribution in [0.5, 0.6) is 5.75 Å². The van der Waals surface area contributed by atoms with Crippen LogP contribution in [0.3, 0.4) is 0 Å². The fraction of sp³-hybridized carbons (Fsp3) is 0.400. The van der Waals surface area contributed by atoms with Gasteiger partial charge in [-0.25, -0.2) is 4.98 Å². The van der Waals surface area contributed by atoms with Crippen LogP contribution in [-0.2, 0) is 4.79 Å². The van der Waals surface area contributed by atoms with Gasteiger partial charge in [0.25, 0.3) is 0 Å². The summed E-state index contributed by atoms with van der Waals surface area (Å²) in [6.45, 7) is 3.92. The van der Waals surface area contributed by atoms with E-state index in [-0.39, 0.29) is 5.97 Å². The van der Waals surface area contributed by atoms with Crippen molar-refractivity contribution in [2.45, 2.75) is 20.3 Å². The summed E-state index contributed by atoms with van der Waals surface area (Å²) in [5, 5.41) is 0.319. The van der Waals surface area contributed by atoms with Gasteiger partial charge in [-0.05, 0) is 12.0 Å². The number of hydrogen-bond donors (Lipinski definition) is 0. The lowest BCUT2D eigenvalue weighted by atomic mass is 10.1. The maximum Gasteiger partial charge on any atom is 0.311 e. The first-order valence-corrected chi connectivity index (χ1v) is 4.78. The minimum Gasteiger partial charge on any atom is -0.426 e. The second-order valence-corrected chi connectivity index (χ2v) is 3.77. The summed E-state index contributed by atoms with van der Waals surface area (Å²) in [6, 6.07) is 3.11. The topological polar surface area (TPSA) is 39.2 Å². The highest BCUT2D eigenvalue weighted by atomic mass is 35.5. The minimum absolute atomic E-state index is 0.248. The van der Waals surface area contributed by atoms with Crippen molar-refractivity contribution in [1.82, 2.24) is 4.98 Å². The summed E-state index contributed by atoms with van der Waals surface area (Å²) in [4.78, 5) is 15.0. The first-order chi connectivity index (χ1) is 6.58. The number of esters is 1. The van der Waals surface area contributed by atoms with Crippen LogP contribution in [0.15, 0.2) is 18.3 Å². The summed E-state index contributed by atoms with van der Waals surface area (Å²) >= 11 is 5.63. The summed E-state index contributed by atoms with van der Waals surface area (Å²) < 4.78 is 5.04. The molecule has 0 aliphatic heterocycles. The standard InChI is InChI=1S/C10H12ClNO2/c1-7(2)5-10(13)14-8-3-4-12-9(11)6-8/h3-4,6-7H,5H2,1-2H3. The van der Waals surface area contributed by atoms with Crippen LogP contribution in [0.2, 0.25) is 5.15 Å². The van der Waals surface area contributed by atoms with Crippen LogP contribution in [0.25, 0.3) is 0 Å². The minimum atomic E-state index is -0.248. The molecule has 0 spiro atoms. The zero-order chi connectivity index (χ0) is 10.6. The third-order valence-electron chi connectivity index (χ3n) is 1.50. The highest BCUT2D eigenvalue weighted by Gasteiger charge is 2.07. The van der Waals surface area contributed by atoms with Gasteiger partial charge < -0.3 is 4.74 Å². The fourth-order valence-electron chi connectivity index (χ4n) is 0.955. The monoisotopic (exact) mass is 213 g/mol. The molecule has 0 atom stereocenters. The molecule has 14 heavy (non-hydrogen) atoms. The molecule has 0 aliphatic carbocycles. The van der Waals surface area contributed by atoms with Gasteiger partial charge in [0.15, 0.2) is 0 Å². The molecule has 3 nitrogen and oxygen atoms in total. The van der Waals surface area contributed by atoms with E-state index in [2.05, 4.69) is 4.98 Å². The first kappa shape index (κ1) is 11.0. The van der Waals surface area contributed by atoms with Crippen molar-refractivity contribution < 1.29 is 9.53 Å². The predicted molar refractivity (Wildman–Crippen MR) is 54.3 cm³/mol. The first-order valence-electron chi connectivity index (χ1n) is 4.40. The molecular formula is C10H12ClNO2. The molecule has 0 saturated carbocycles. The molecule has 4 heteroatoms. The Labute approximate surface area is 88.1 Å². The van der Waals surface area contributed by atoms with Gasteiger partial charge in [0.2, 0.25) is 0 Å². The summed E-state index contributed by atoms with van der Waals surface area (Å²) in [5.41, 5.74) is 0. The van der Waals surface area contributed by atoms with E-state index in [9.17, 15) is 4.79 Å². The molecule has 0 aromatic carbocycles. The quantitative estimate of drug-likeness (QED) is 0.573. The van der Waals surface area contributed by atoms with Gasteiger partial charge >= 0.3 is 5.97 Å². The Bertz CT molecular complexity index is 326. The van der Waals surface area contributed by atoms with Gasteiger partial charge in [-0.2, -0.15) is 0 Å². The van der Waals surface area contributed by atoms with Gasteiger partial charge in [0.05, 0.1) is 0 Å². The summed E-state index contributed by atoms with van der Waals surface area (Å²) in [7, 11) is 0. The molecule has 1 aromatic rings. The molecule has 0 saturated heterocycles. The molecule has 0 amide bonds. The molecule has 0 N–H and O–H groups in total. The van der Waals surface area contributed by atoms with Crippen molar-refractivity contribution in [3.63, 3.8) is 0 Å². The number of halogens is 1. The van der Waals surface area contributed by atoms with Crippen LogP contribution < -0.4 is 4.74 Å². The number of carbonyl (C=O) groups is 1. The third kappa shape index (κ3) is 3.75. The van der Waals surface area contributed by atoms with Gasteiger partial charge in [-0.1, -0.05) is 25.4 Å². The molecule has 76 valence electrons. The number of carbonyl (C=O) groups excluding carboxylic acids is 1. The van der Waals surface area contributed by atoms with Crippen molar-refractivity contribution >= 4 is 17.6 Å². The molecule has 0 fully saturated rings. The second kappa shape index (κ2) is 4.96. The Morgan fingerprint density at radius 2 is 2.36 bits per heavy atom. The number of hydrogen-bond acceptors (Lipinski definition) is 3. The Morgan fingerprint density at radius 1 is 1.64 bits per heavy atom. The molecule has 1 aromatic heterocycles. The van der Waals surface area contributed by atoms with Gasteiger partial charge in [0, 0.05) is 18.7 Å². The maximum atomic E-state index is 11.2. The van der Waals surface area contributed by atoms with E-state index < -0.39 is 0 Å². The Balaban J connectivity index is 2.56. The van der Waals surface area contributed by atoms with Crippen LogP contribution >= 0.6 is 11.6 Å². The average Bonchev–Trinajstić information content (AvgIpc) is 2.01. The highest BCUT2D eigenvalue weighted by molar-refractivity contribution is 6.29. The Morgan fingerprint density at radius 3 is 2.93 bits per heavy atom. The van der Waals surface area contributed by atoms with Crippen LogP contribution in [0.1, 0.15) is 20.3 Å². The van der Waals surface area contributed by atoms with Crippen molar-refractivity contribution in [2.24, 2.45) is 5.92 Å². The summed E-state index contributed by atoms with van der Waals surface area (Å²) in [5.74, 6) is 0.484. The molecular weight excluding hydrogens is 202 g/mol. The number of rotatable bonds is 3. The van der Waals surface area contributed by atoms with Crippen molar-refractivity contribution in [1.29, 1.82) is 0 Å². The van der Waals surface area contributed by atoms with Crippen LogP contribution in [-0.4, -0.2) is 11.0 Å². The Kier molecular flexibility index (Phi) is 3.89. The zero-order valence-corrected chi connectivity index (χ0v) is 8.91. The smallest absolute Gasteiger partial charge is 0.311 e. The molecule has 0 radical (unpaired) electrons. The van der Waals surface area contributed by atoms with E-state index in [4.69, 9.17) is 16.3 Å². The number of ether oxygens (including phenoxy) is 1. The lowest BCUT2D eigenvalue weighted by Crippen LogP contribution is -2.10. The normalized spacial score (nSPS) is 10.3. The lowest BCUT2D eigenvalue weighted by Gasteiger charge is -2.05. The van der Waals surface area contributed by atoms with Crippen molar-refractivity contribution in [3.05, 3.63) is 23.5 Å². The Hall–Kier alpha value is -1.09. The lowest BCUT2D eigenvalue weighted by molar-refractivity contribution is -0.135. The van der Waals surface area contributed by atoms with E-state index in [1.54, 1.807) is 6.07 Å². The van der Waals surface area contributed by atoms with E-state index in [0.717, 1.165) is 0 Å². The fourth-order valence-corrected chi connectivity index (χ4v) is 1.12.